The van der Waals surface area contributed by atoms with Gasteiger partial charge in [0.25, 0.3) is 5.91 Å². The van der Waals surface area contributed by atoms with Gasteiger partial charge in [-0.1, -0.05) is 12.1 Å². The Labute approximate surface area is 168 Å². The van der Waals surface area contributed by atoms with E-state index in [1.807, 2.05) is 17.0 Å². The fourth-order valence-corrected chi connectivity index (χ4v) is 4.34. The van der Waals surface area contributed by atoms with Crippen molar-refractivity contribution in [1.29, 1.82) is 0 Å². The van der Waals surface area contributed by atoms with Crippen molar-refractivity contribution in [2.45, 2.75) is 32.0 Å². The molecule has 4 rings (SSSR count). The summed E-state index contributed by atoms with van der Waals surface area (Å²) in [7, 11) is 0. The lowest BCUT2D eigenvalue weighted by Crippen LogP contribution is -2.52. The first-order valence-corrected chi connectivity index (χ1v) is 9.84. The number of nitrogens with one attached hydrogen (secondary N) is 1. The molecule has 1 aromatic carbocycles. The van der Waals surface area contributed by atoms with E-state index in [0.29, 0.717) is 38.2 Å². The second kappa shape index (κ2) is 7.92. The van der Waals surface area contributed by atoms with Crippen LogP contribution in [0.2, 0.25) is 0 Å². The van der Waals surface area contributed by atoms with Crippen LogP contribution in [-0.2, 0) is 27.5 Å². The molecule has 2 fully saturated rings. The normalized spacial score (nSPS) is 23.2. The van der Waals surface area contributed by atoms with Gasteiger partial charge in [0.2, 0.25) is 11.8 Å². The summed E-state index contributed by atoms with van der Waals surface area (Å²) in [4.78, 5) is 53.1. The van der Waals surface area contributed by atoms with Gasteiger partial charge in [-0.2, -0.15) is 0 Å². The highest BCUT2D eigenvalue weighted by atomic mass is 16.4. The lowest BCUT2D eigenvalue weighted by molar-refractivity contribution is -0.139. The Morgan fingerprint density at radius 2 is 1.83 bits per heavy atom. The average Bonchev–Trinajstić information content (AvgIpc) is 3.01. The van der Waals surface area contributed by atoms with Crippen molar-refractivity contribution in [2.24, 2.45) is 0 Å². The number of benzene rings is 1. The minimum Gasteiger partial charge on any atom is -0.480 e. The van der Waals surface area contributed by atoms with Crippen molar-refractivity contribution in [3.05, 3.63) is 34.9 Å². The van der Waals surface area contributed by atoms with E-state index in [2.05, 4.69) is 10.2 Å². The molecule has 2 saturated heterocycles. The zero-order valence-electron chi connectivity index (χ0n) is 16.1. The standard InChI is InChI=1S/C20H24N4O5/c25-17-5-4-16(19(28)21-17)24-11-15-13(2-1-3-14(15)20(24)29)10-22-6-8-23(9-7-22)12-18(26)27/h1-3,16H,4-12H2,(H,26,27)(H,21,25,28). The minimum atomic E-state index is -0.814. The summed E-state index contributed by atoms with van der Waals surface area (Å²) in [5.74, 6) is -1.68. The molecule has 0 radical (unpaired) electrons. The molecular weight excluding hydrogens is 376 g/mol. The Morgan fingerprint density at radius 1 is 1.10 bits per heavy atom. The summed E-state index contributed by atoms with van der Waals surface area (Å²) >= 11 is 0. The third kappa shape index (κ3) is 4.01. The maximum atomic E-state index is 12.9. The minimum absolute atomic E-state index is 0.0595. The van der Waals surface area contributed by atoms with E-state index in [-0.39, 0.29) is 24.8 Å². The van der Waals surface area contributed by atoms with E-state index in [9.17, 15) is 19.2 Å². The number of carboxylic acid groups (broad SMARTS) is 1. The van der Waals surface area contributed by atoms with Gasteiger partial charge < -0.3 is 10.0 Å². The molecule has 3 aliphatic heterocycles. The molecule has 0 aromatic heterocycles. The first-order chi connectivity index (χ1) is 13.9. The molecule has 3 amide bonds. The van der Waals surface area contributed by atoms with E-state index in [4.69, 9.17) is 5.11 Å². The zero-order valence-corrected chi connectivity index (χ0v) is 16.1. The van der Waals surface area contributed by atoms with Gasteiger partial charge in [0.1, 0.15) is 6.04 Å². The van der Waals surface area contributed by atoms with E-state index < -0.39 is 17.9 Å². The summed E-state index contributed by atoms with van der Waals surface area (Å²) in [6, 6.07) is 5.04. The number of carbonyl (C=O) groups excluding carboxylic acids is 3. The quantitative estimate of drug-likeness (QED) is 0.650. The lowest BCUT2D eigenvalue weighted by Gasteiger charge is -2.34. The summed E-state index contributed by atoms with van der Waals surface area (Å²) < 4.78 is 0. The smallest absolute Gasteiger partial charge is 0.317 e. The van der Waals surface area contributed by atoms with Gasteiger partial charge in [0.15, 0.2) is 0 Å². The van der Waals surface area contributed by atoms with E-state index in [0.717, 1.165) is 24.2 Å². The number of aliphatic carboxylic acids is 1. The van der Waals surface area contributed by atoms with E-state index in [1.54, 1.807) is 11.0 Å². The summed E-state index contributed by atoms with van der Waals surface area (Å²) in [6.45, 7) is 4.04. The van der Waals surface area contributed by atoms with Gasteiger partial charge in [-0.25, -0.2) is 0 Å². The van der Waals surface area contributed by atoms with Gasteiger partial charge in [0.05, 0.1) is 6.54 Å². The van der Waals surface area contributed by atoms with Gasteiger partial charge >= 0.3 is 5.97 Å². The molecule has 0 bridgehead atoms. The van der Waals surface area contributed by atoms with Gasteiger partial charge in [-0.05, 0) is 23.6 Å². The Kier molecular flexibility index (Phi) is 5.33. The SMILES string of the molecule is O=C(O)CN1CCN(Cc2cccc3c2CN(C2CCC(=O)NC2=O)C3=O)CC1. The number of rotatable bonds is 5. The number of piperidine rings is 1. The molecule has 0 saturated carbocycles. The molecular formula is C20H24N4O5. The van der Waals surface area contributed by atoms with Crippen LogP contribution in [-0.4, -0.2) is 82.3 Å². The Bertz CT molecular complexity index is 862. The van der Waals surface area contributed by atoms with Crippen molar-refractivity contribution >= 4 is 23.7 Å². The van der Waals surface area contributed by atoms with E-state index in [1.165, 1.54) is 0 Å². The number of nitrogens with zero attached hydrogens (tertiary/aromatic N) is 3. The van der Waals surface area contributed by atoms with Crippen LogP contribution in [0.3, 0.4) is 0 Å². The van der Waals surface area contributed by atoms with Crippen molar-refractivity contribution in [2.75, 3.05) is 32.7 Å². The monoisotopic (exact) mass is 400 g/mol. The topological polar surface area (TPSA) is 110 Å². The third-order valence-corrected chi connectivity index (χ3v) is 5.90. The van der Waals surface area contributed by atoms with Gasteiger partial charge in [0, 0.05) is 51.3 Å². The van der Waals surface area contributed by atoms with Gasteiger partial charge in [-0.15, -0.1) is 0 Å². The molecule has 9 heteroatoms. The maximum absolute atomic E-state index is 12.9. The molecule has 0 aliphatic carbocycles. The summed E-state index contributed by atoms with van der Waals surface area (Å²) in [6.07, 6.45) is 0.593. The molecule has 154 valence electrons. The molecule has 1 aromatic rings. The summed E-state index contributed by atoms with van der Waals surface area (Å²) in [5, 5.41) is 11.2. The molecule has 3 aliphatic rings. The Balaban J connectivity index is 1.44. The van der Waals surface area contributed by atoms with Crippen LogP contribution < -0.4 is 5.32 Å². The predicted molar refractivity (Wildman–Crippen MR) is 102 cm³/mol. The summed E-state index contributed by atoms with van der Waals surface area (Å²) in [5.41, 5.74) is 2.62. The lowest BCUT2D eigenvalue weighted by atomic mass is 10.0. The highest BCUT2D eigenvalue weighted by molar-refractivity contribution is 6.05. The number of imide groups is 1. The van der Waals surface area contributed by atoms with Crippen molar-refractivity contribution in [3.8, 4) is 0 Å². The second-order valence-corrected chi connectivity index (χ2v) is 7.79. The largest absolute Gasteiger partial charge is 0.480 e. The van der Waals surface area contributed by atoms with Crippen LogP contribution in [0.1, 0.15) is 34.3 Å². The first-order valence-electron chi connectivity index (χ1n) is 9.84. The van der Waals surface area contributed by atoms with Crippen molar-refractivity contribution in [3.63, 3.8) is 0 Å². The van der Waals surface area contributed by atoms with Crippen molar-refractivity contribution in [1.82, 2.24) is 20.0 Å². The fraction of sp³-hybridized carbons (Fsp3) is 0.500. The van der Waals surface area contributed by atoms with Crippen molar-refractivity contribution < 1.29 is 24.3 Å². The van der Waals surface area contributed by atoms with Gasteiger partial charge in [-0.3, -0.25) is 34.3 Å². The van der Waals surface area contributed by atoms with E-state index >= 15 is 0 Å². The second-order valence-electron chi connectivity index (χ2n) is 7.79. The number of amides is 3. The maximum Gasteiger partial charge on any atom is 0.317 e. The Morgan fingerprint density at radius 3 is 2.52 bits per heavy atom. The molecule has 29 heavy (non-hydrogen) atoms. The number of carbonyl (C=O) groups is 4. The van der Waals surface area contributed by atoms with Crippen LogP contribution >= 0.6 is 0 Å². The number of hydrogen-bond donors (Lipinski definition) is 2. The molecule has 3 heterocycles. The van der Waals surface area contributed by atoms with Crippen LogP contribution in [0.15, 0.2) is 18.2 Å². The average molecular weight is 400 g/mol. The van der Waals surface area contributed by atoms with Crippen LogP contribution in [0, 0.1) is 0 Å². The third-order valence-electron chi connectivity index (χ3n) is 5.90. The number of hydrogen-bond acceptors (Lipinski definition) is 6. The highest BCUT2D eigenvalue weighted by Gasteiger charge is 2.39. The molecule has 0 spiro atoms. The highest BCUT2D eigenvalue weighted by Crippen LogP contribution is 2.30. The molecule has 1 unspecified atom stereocenters. The zero-order chi connectivity index (χ0) is 20.5. The fourth-order valence-electron chi connectivity index (χ4n) is 4.34. The first kappa shape index (κ1) is 19.5. The molecule has 9 nitrogen and oxygen atoms in total. The predicted octanol–water partition coefficient (Wildman–Crippen LogP) is -0.350. The van der Waals surface area contributed by atoms with Crippen LogP contribution in [0.4, 0.5) is 0 Å². The number of fused-ring (bicyclic) bond motifs is 1. The van der Waals surface area contributed by atoms with Crippen LogP contribution in [0.5, 0.6) is 0 Å². The Hall–Kier alpha value is -2.78. The molecule has 2 N–H and O–H groups in total. The number of piperazine rings is 1. The molecule has 1 atom stereocenters. The number of carboxylic acids is 1. The van der Waals surface area contributed by atoms with Crippen LogP contribution in [0.25, 0.3) is 0 Å².